The zero-order valence-electron chi connectivity index (χ0n) is 12.2. The number of hydrogen-bond donors (Lipinski definition) is 1. The Morgan fingerprint density at radius 1 is 1.14 bits per heavy atom. The van der Waals surface area contributed by atoms with Gasteiger partial charge >= 0.3 is 0 Å². The third-order valence-corrected chi connectivity index (χ3v) is 3.77. The van der Waals surface area contributed by atoms with Crippen molar-refractivity contribution in [2.24, 2.45) is 5.73 Å². The lowest BCUT2D eigenvalue weighted by Gasteiger charge is -2.15. The highest BCUT2D eigenvalue weighted by Gasteiger charge is 2.12. The molecular weight excluding hydrogens is 289 g/mol. The number of methoxy groups -OCH3 is 1. The van der Waals surface area contributed by atoms with Crippen molar-refractivity contribution in [1.29, 1.82) is 0 Å². The van der Waals surface area contributed by atoms with E-state index in [-0.39, 0.29) is 11.9 Å². The molecule has 1 atom stereocenters. The van der Waals surface area contributed by atoms with Crippen LogP contribution < -0.4 is 10.5 Å². The first kappa shape index (κ1) is 15.8. The van der Waals surface area contributed by atoms with Crippen LogP contribution in [0.2, 0.25) is 5.02 Å². The first-order chi connectivity index (χ1) is 9.99. The van der Waals surface area contributed by atoms with Crippen molar-refractivity contribution in [2.75, 3.05) is 7.11 Å². The fraction of sp³-hybridized carbons (Fsp3) is 0.294. The molecule has 2 aromatic carbocycles. The SMILES string of the molecule is COc1ccc(C)cc1CC(N)Cc1ccc(F)cc1Cl. The van der Waals surface area contributed by atoms with Crippen LogP contribution in [0.25, 0.3) is 0 Å². The zero-order valence-corrected chi connectivity index (χ0v) is 13.0. The van der Waals surface area contributed by atoms with Gasteiger partial charge in [-0.15, -0.1) is 0 Å². The molecule has 1 unspecified atom stereocenters. The molecule has 2 nitrogen and oxygen atoms in total. The summed E-state index contributed by atoms with van der Waals surface area (Å²) in [5, 5.41) is 0.418. The molecule has 0 saturated heterocycles. The summed E-state index contributed by atoms with van der Waals surface area (Å²) in [4.78, 5) is 0. The van der Waals surface area contributed by atoms with Crippen molar-refractivity contribution in [3.05, 3.63) is 63.9 Å². The zero-order chi connectivity index (χ0) is 15.4. The van der Waals surface area contributed by atoms with Gasteiger partial charge in [-0.1, -0.05) is 35.4 Å². The van der Waals surface area contributed by atoms with Gasteiger partial charge < -0.3 is 10.5 Å². The minimum Gasteiger partial charge on any atom is -0.496 e. The van der Waals surface area contributed by atoms with Gasteiger partial charge in [0, 0.05) is 11.1 Å². The largest absolute Gasteiger partial charge is 0.496 e. The van der Waals surface area contributed by atoms with Crippen molar-refractivity contribution in [1.82, 2.24) is 0 Å². The first-order valence-electron chi connectivity index (χ1n) is 6.82. The Morgan fingerprint density at radius 3 is 2.52 bits per heavy atom. The molecule has 2 rings (SSSR count). The van der Waals surface area contributed by atoms with Crippen molar-refractivity contribution >= 4 is 11.6 Å². The summed E-state index contributed by atoms with van der Waals surface area (Å²) in [6.45, 7) is 2.03. The number of nitrogens with two attached hydrogens (primary N) is 1. The third kappa shape index (κ3) is 4.19. The van der Waals surface area contributed by atoms with Crippen LogP contribution in [0.3, 0.4) is 0 Å². The summed E-state index contributed by atoms with van der Waals surface area (Å²) in [5.41, 5.74) is 9.31. The molecule has 0 amide bonds. The molecule has 0 aliphatic carbocycles. The number of aryl methyl sites for hydroxylation is 1. The van der Waals surface area contributed by atoms with Gasteiger partial charge in [0.15, 0.2) is 0 Å². The van der Waals surface area contributed by atoms with Crippen molar-refractivity contribution in [2.45, 2.75) is 25.8 Å². The second kappa shape index (κ2) is 6.92. The molecule has 0 heterocycles. The molecule has 4 heteroatoms. The van der Waals surface area contributed by atoms with Gasteiger partial charge in [-0.3, -0.25) is 0 Å². The molecule has 0 aliphatic heterocycles. The quantitative estimate of drug-likeness (QED) is 0.909. The molecule has 0 radical (unpaired) electrons. The van der Waals surface area contributed by atoms with E-state index in [0.717, 1.165) is 22.4 Å². The summed E-state index contributed by atoms with van der Waals surface area (Å²) < 4.78 is 18.4. The molecule has 112 valence electrons. The van der Waals surface area contributed by atoms with Crippen LogP contribution in [0.1, 0.15) is 16.7 Å². The fourth-order valence-corrected chi connectivity index (χ4v) is 2.64. The smallest absolute Gasteiger partial charge is 0.124 e. The Morgan fingerprint density at radius 2 is 1.86 bits per heavy atom. The van der Waals surface area contributed by atoms with E-state index in [9.17, 15) is 4.39 Å². The summed E-state index contributed by atoms with van der Waals surface area (Å²) >= 11 is 6.04. The molecule has 2 aromatic rings. The highest BCUT2D eigenvalue weighted by molar-refractivity contribution is 6.31. The Balaban J connectivity index is 2.11. The van der Waals surface area contributed by atoms with Crippen molar-refractivity contribution in [3.63, 3.8) is 0 Å². The van der Waals surface area contributed by atoms with Gasteiger partial charge in [-0.05, 0) is 49.1 Å². The van der Waals surface area contributed by atoms with E-state index >= 15 is 0 Å². The van der Waals surface area contributed by atoms with Gasteiger partial charge in [0.1, 0.15) is 11.6 Å². The lowest BCUT2D eigenvalue weighted by Crippen LogP contribution is -2.26. The lowest BCUT2D eigenvalue weighted by molar-refractivity contribution is 0.407. The topological polar surface area (TPSA) is 35.2 Å². The van der Waals surface area contributed by atoms with Gasteiger partial charge in [0.2, 0.25) is 0 Å². The molecule has 2 N–H and O–H groups in total. The highest BCUT2D eigenvalue weighted by atomic mass is 35.5. The molecule has 0 saturated carbocycles. The Labute approximate surface area is 129 Å². The average Bonchev–Trinajstić information content (AvgIpc) is 2.42. The van der Waals surface area contributed by atoms with E-state index in [1.54, 1.807) is 13.2 Å². The average molecular weight is 308 g/mol. The number of rotatable bonds is 5. The van der Waals surface area contributed by atoms with Crippen LogP contribution in [0.5, 0.6) is 5.75 Å². The second-order valence-corrected chi connectivity index (χ2v) is 5.63. The standard InChI is InChI=1S/C17H19ClFNO/c1-11-3-6-17(21-2)13(7-11)9-15(20)8-12-4-5-14(19)10-16(12)18/h3-7,10,15H,8-9,20H2,1-2H3. The van der Waals surface area contributed by atoms with Crippen molar-refractivity contribution < 1.29 is 9.13 Å². The van der Waals surface area contributed by atoms with E-state index < -0.39 is 0 Å². The van der Waals surface area contributed by atoms with Gasteiger partial charge in [0.25, 0.3) is 0 Å². The van der Waals surface area contributed by atoms with Crippen LogP contribution in [0.15, 0.2) is 36.4 Å². The number of benzene rings is 2. The summed E-state index contributed by atoms with van der Waals surface area (Å²) in [7, 11) is 1.65. The minimum atomic E-state index is -0.335. The van der Waals surface area contributed by atoms with Gasteiger partial charge in [-0.25, -0.2) is 4.39 Å². The monoisotopic (exact) mass is 307 g/mol. The normalized spacial score (nSPS) is 12.2. The predicted octanol–water partition coefficient (Wildman–Crippen LogP) is 3.91. The molecule has 0 spiro atoms. The maximum Gasteiger partial charge on any atom is 0.124 e. The number of halogens is 2. The van der Waals surface area contributed by atoms with Crippen LogP contribution in [-0.2, 0) is 12.8 Å². The summed E-state index contributed by atoms with van der Waals surface area (Å²) in [5.74, 6) is 0.499. The Bertz CT molecular complexity index is 630. The van der Waals surface area contributed by atoms with Crippen LogP contribution in [0, 0.1) is 12.7 Å². The lowest BCUT2D eigenvalue weighted by atomic mass is 9.98. The molecule has 0 fully saturated rings. The van der Waals surface area contributed by atoms with E-state index in [2.05, 4.69) is 6.07 Å². The van der Waals surface area contributed by atoms with Crippen LogP contribution in [-0.4, -0.2) is 13.2 Å². The first-order valence-corrected chi connectivity index (χ1v) is 7.20. The molecule has 0 aromatic heterocycles. The predicted molar refractivity (Wildman–Crippen MR) is 84.5 cm³/mol. The van der Waals surface area contributed by atoms with Crippen LogP contribution in [0.4, 0.5) is 4.39 Å². The summed E-state index contributed by atoms with van der Waals surface area (Å²) in [6.07, 6.45) is 1.27. The molecule has 0 aliphatic rings. The van der Waals surface area contributed by atoms with Gasteiger partial charge in [0.05, 0.1) is 7.11 Å². The molecular formula is C17H19ClFNO. The van der Waals surface area contributed by atoms with E-state index in [4.69, 9.17) is 22.1 Å². The second-order valence-electron chi connectivity index (χ2n) is 5.22. The van der Waals surface area contributed by atoms with E-state index in [1.807, 2.05) is 19.1 Å². The maximum atomic E-state index is 13.0. The van der Waals surface area contributed by atoms with Gasteiger partial charge in [-0.2, -0.15) is 0 Å². The minimum absolute atomic E-state index is 0.108. The Hall–Kier alpha value is -1.58. The number of ether oxygens (including phenoxy) is 1. The Kier molecular flexibility index (Phi) is 5.21. The highest BCUT2D eigenvalue weighted by Crippen LogP contribution is 2.23. The fourth-order valence-electron chi connectivity index (χ4n) is 2.39. The van der Waals surface area contributed by atoms with Crippen LogP contribution >= 0.6 is 11.6 Å². The number of hydrogen-bond acceptors (Lipinski definition) is 2. The van der Waals surface area contributed by atoms with E-state index in [1.165, 1.54) is 12.1 Å². The molecule has 21 heavy (non-hydrogen) atoms. The van der Waals surface area contributed by atoms with E-state index in [0.29, 0.717) is 17.9 Å². The van der Waals surface area contributed by atoms with Crippen molar-refractivity contribution in [3.8, 4) is 5.75 Å². The maximum absolute atomic E-state index is 13.0. The molecule has 0 bridgehead atoms. The third-order valence-electron chi connectivity index (χ3n) is 3.42. The summed E-state index contributed by atoms with van der Waals surface area (Å²) in [6, 6.07) is 10.3.